The average Bonchev–Trinajstić information content (AvgIpc) is 3.43. The molecule has 2 amide bonds. The zero-order valence-electron chi connectivity index (χ0n) is 21.9. The van der Waals surface area contributed by atoms with Gasteiger partial charge in [-0.05, 0) is 56.3 Å². The Morgan fingerprint density at radius 1 is 1.08 bits per heavy atom. The number of ether oxygens (including phenoxy) is 3. The lowest BCUT2D eigenvalue weighted by Crippen LogP contribution is -2.45. The van der Waals surface area contributed by atoms with Gasteiger partial charge in [0, 0.05) is 35.3 Å². The number of methoxy groups -OCH3 is 1. The molecular weight excluding hydrogens is 490 g/mol. The van der Waals surface area contributed by atoms with Gasteiger partial charge in [0.05, 0.1) is 13.7 Å². The third-order valence-electron chi connectivity index (χ3n) is 6.21. The highest BCUT2D eigenvalue weighted by atomic mass is 16.6. The van der Waals surface area contributed by atoms with Crippen LogP contribution in [0.1, 0.15) is 55.1 Å². The fourth-order valence-corrected chi connectivity index (χ4v) is 4.38. The molecule has 0 radical (unpaired) electrons. The predicted molar refractivity (Wildman–Crippen MR) is 138 cm³/mol. The van der Waals surface area contributed by atoms with Crippen molar-refractivity contribution < 1.29 is 33.4 Å². The quantitative estimate of drug-likeness (QED) is 0.447. The molecular formula is C28H31N3O7. The summed E-state index contributed by atoms with van der Waals surface area (Å²) in [4.78, 5) is 50.5. The monoisotopic (exact) mass is 521 g/mol. The van der Waals surface area contributed by atoms with Crippen LogP contribution in [0.15, 0.2) is 48.8 Å². The maximum absolute atomic E-state index is 13.1. The van der Waals surface area contributed by atoms with Crippen LogP contribution in [-0.2, 0) is 32.2 Å². The Balaban J connectivity index is 1.48. The number of aromatic nitrogens is 1. The van der Waals surface area contributed by atoms with E-state index in [9.17, 15) is 19.2 Å². The highest BCUT2D eigenvalue weighted by Crippen LogP contribution is 2.33. The number of nitrogens with two attached hydrogens (primary N) is 1. The van der Waals surface area contributed by atoms with E-state index in [0.717, 1.165) is 16.3 Å². The summed E-state index contributed by atoms with van der Waals surface area (Å²) < 4.78 is 17.6. The summed E-state index contributed by atoms with van der Waals surface area (Å²) >= 11 is 0. The van der Waals surface area contributed by atoms with E-state index in [1.165, 1.54) is 16.6 Å². The minimum Gasteiger partial charge on any atom is -0.489 e. The van der Waals surface area contributed by atoms with Crippen LogP contribution in [0, 0.1) is 0 Å². The number of benzene rings is 2. The normalized spacial score (nSPS) is 13.8. The molecule has 1 unspecified atom stereocenters. The molecule has 0 bridgehead atoms. The van der Waals surface area contributed by atoms with Crippen LogP contribution in [0.5, 0.6) is 5.75 Å². The van der Waals surface area contributed by atoms with Gasteiger partial charge >= 0.3 is 12.1 Å². The lowest BCUT2D eigenvalue weighted by molar-refractivity contribution is -0.141. The molecule has 1 atom stereocenters. The Labute approximate surface area is 220 Å². The number of primary amides is 1. The van der Waals surface area contributed by atoms with Gasteiger partial charge in [-0.3, -0.25) is 19.0 Å². The third-order valence-corrected chi connectivity index (χ3v) is 6.21. The fraction of sp³-hybridized carbons (Fsp3) is 0.357. The fourth-order valence-electron chi connectivity index (χ4n) is 4.38. The summed E-state index contributed by atoms with van der Waals surface area (Å²) in [6, 6.07) is 9.93. The van der Waals surface area contributed by atoms with Crippen LogP contribution in [0.4, 0.5) is 4.79 Å². The molecule has 1 aliphatic heterocycles. The number of carbonyl (C=O) groups is 4. The smallest absolute Gasteiger partial charge is 0.418 e. The van der Waals surface area contributed by atoms with Crippen LogP contribution < -0.4 is 10.5 Å². The third kappa shape index (κ3) is 5.80. The molecule has 1 aliphatic rings. The average molecular weight is 522 g/mol. The number of fused-ring (bicyclic) bond motifs is 2. The summed E-state index contributed by atoms with van der Waals surface area (Å²) in [6.45, 7) is 5.80. The predicted octanol–water partition coefficient (Wildman–Crippen LogP) is 3.77. The summed E-state index contributed by atoms with van der Waals surface area (Å²) in [6.07, 6.45) is 3.00. The second-order valence-electron chi connectivity index (χ2n) is 10.1. The van der Waals surface area contributed by atoms with Crippen molar-refractivity contribution in [1.82, 2.24) is 9.47 Å². The van der Waals surface area contributed by atoms with Gasteiger partial charge in [-0.2, -0.15) is 0 Å². The Hall–Kier alpha value is -4.34. The van der Waals surface area contributed by atoms with Gasteiger partial charge in [0.2, 0.25) is 5.91 Å². The molecule has 38 heavy (non-hydrogen) atoms. The van der Waals surface area contributed by atoms with Crippen LogP contribution in [0.25, 0.3) is 10.8 Å². The molecule has 10 nitrogen and oxygen atoms in total. The van der Waals surface area contributed by atoms with Crippen molar-refractivity contribution in [3.63, 3.8) is 0 Å². The molecule has 0 saturated carbocycles. The Kier molecular flexibility index (Phi) is 7.43. The van der Waals surface area contributed by atoms with E-state index in [-0.39, 0.29) is 31.9 Å². The number of hydrogen-bond acceptors (Lipinski definition) is 7. The largest absolute Gasteiger partial charge is 0.489 e. The first-order valence-electron chi connectivity index (χ1n) is 12.2. The van der Waals surface area contributed by atoms with Crippen LogP contribution in [-0.4, -0.2) is 52.1 Å². The Morgan fingerprint density at radius 3 is 2.50 bits per heavy atom. The van der Waals surface area contributed by atoms with Gasteiger partial charge in [0.15, 0.2) is 0 Å². The van der Waals surface area contributed by atoms with Crippen molar-refractivity contribution in [3.8, 4) is 5.75 Å². The van der Waals surface area contributed by atoms with Crippen molar-refractivity contribution in [1.29, 1.82) is 0 Å². The van der Waals surface area contributed by atoms with E-state index >= 15 is 0 Å². The number of hydrogen-bond donors (Lipinski definition) is 1. The van der Waals surface area contributed by atoms with Gasteiger partial charge < -0.3 is 24.8 Å². The minimum absolute atomic E-state index is 0.0360. The number of nitrogens with zero attached hydrogens (tertiary/aromatic N) is 2. The first-order chi connectivity index (χ1) is 18.0. The first-order valence-corrected chi connectivity index (χ1v) is 12.2. The maximum atomic E-state index is 13.1. The highest BCUT2D eigenvalue weighted by molar-refractivity contribution is 6.01. The van der Waals surface area contributed by atoms with Crippen molar-refractivity contribution in [2.45, 2.75) is 58.4 Å². The molecule has 2 aromatic carbocycles. The molecule has 1 aromatic heterocycles. The van der Waals surface area contributed by atoms with Gasteiger partial charge in [-0.25, -0.2) is 4.79 Å². The highest BCUT2D eigenvalue weighted by Gasteiger charge is 2.37. The van der Waals surface area contributed by atoms with Gasteiger partial charge in [0.25, 0.3) is 5.91 Å². The number of carbonyl (C=O) groups excluding carboxylic acids is 4. The van der Waals surface area contributed by atoms with Gasteiger partial charge in [0.1, 0.15) is 24.0 Å². The van der Waals surface area contributed by atoms with E-state index in [0.29, 0.717) is 16.9 Å². The molecule has 0 saturated heterocycles. The van der Waals surface area contributed by atoms with Crippen molar-refractivity contribution in [2.75, 3.05) is 7.11 Å². The summed E-state index contributed by atoms with van der Waals surface area (Å²) in [7, 11) is 1.26. The molecule has 10 heteroatoms. The summed E-state index contributed by atoms with van der Waals surface area (Å²) in [5, 5.41) is 1.73. The lowest BCUT2D eigenvalue weighted by atomic mass is 10.1. The van der Waals surface area contributed by atoms with Crippen molar-refractivity contribution >= 4 is 34.6 Å². The Morgan fingerprint density at radius 2 is 1.82 bits per heavy atom. The number of rotatable bonds is 8. The van der Waals surface area contributed by atoms with E-state index in [1.54, 1.807) is 30.6 Å². The van der Waals surface area contributed by atoms with Crippen LogP contribution in [0.3, 0.4) is 0 Å². The maximum Gasteiger partial charge on any atom is 0.418 e. The second kappa shape index (κ2) is 10.6. The SMILES string of the molecule is COC(=O)CCC(C(N)=O)N1Cc2c(OCc3ccc4cn(C(=O)OC(C)(C)C)cc4c3)cccc2C1=O. The van der Waals surface area contributed by atoms with Crippen LogP contribution >= 0.6 is 0 Å². The summed E-state index contributed by atoms with van der Waals surface area (Å²) in [5.41, 5.74) is 6.91. The first kappa shape index (κ1) is 26.7. The van der Waals surface area contributed by atoms with E-state index in [1.807, 2.05) is 39.0 Å². The number of amides is 2. The van der Waals surface area contributed by atoms with Gasteiger partial charge in [-0.1, -0.05) is 18.2 Å². The second-order valence-corrected chi connectivity index (χ2v) is 10.1. The van der Waals surface area contributed by atoms with Gasteiger partial charge in [-0.15, -0.1) is 0 Å². The molecule has 2 heterocycles. The molecule has 0 spiro atoms. The molecule has 0 aliphatic carbocycles. The Bertz CT molecular complexity index is 1400. The van der Waals surface area contributed by atoms with E-state index < -0.39 is 29.6 Å². The van der Waals surface area contributed by atoms with Crippen molar-refractivity contribution in [2.24, 2.45) is 5.73 Å². The molecule has 4 rings (SSSR count). The zero-order chi connectivity index (χ0) is 27.6. The number of esters is 1. The van der Waals surface area contributed by atoms with Crippen LogP contribution in [0.2, 0.25) is 0 Å². The minimum atomic E-state index is -0.946. The summed E-state index contributed by atoms with van der Waals surface area (Å²) in [5.74, 6) is -1.00. The molecule has 200 valence electrons. The van der Waals surface area contributed by atoms with Crippen molar-refractivity contribution in [3.05, 3.63) is 65.5 Å². The lowest BCUT2D eigenvalue weighted by Gasteiger charge is -2.24. The standard InChI is InChI=1S/C28H31N3O7/c1-28(2,3)38-27(35)30-13-18-9-8-17(12-19(18)14-30)16-37-23-7-5-6-20-21(23)15-31(26(20)34)22(25(29)33)10-11-24(32)36-4/h5-9,12-14,22H,10-11,15-16H2,1-4H3,(H2,29,33). The molecule has 2 N–H and O–H groups in total. The zero-order valence-corrected chi connectivity index (χ0v) is 21.9. The van der Waals surface area contributed by atoms with E-state index in [4.69, 9.17) is 15.2 Å². The molecule has 3 aromatic rings. The van der Waals surface area contributed by atoms with E-state index in [2.05, 4.69) is 4.74 Å². The molecule has 0 fully saturated rings. The topological polar surface area (TPSA) is 130 Å².